The van der Waals surface area contributed by atoms with Crippen LogP contribution in [-0.4, -0.2) is 142 Å². The van der Waals surface area contributed by atoms with E-state index in [1.807, 2.05) is 13.8 Å². The van der Waals surface area contributed by atoms with Crippen LogP contribution in [0.3, 0.4) is 0 Å². The van der Waals surface area contributed by atoms with Gasteiger partial charge in [-0.15, -0.1) is 0 Å². The highest BCUT2D eigenvalue weighted by Gasteiger charge is 2.75. The molecule has 4 aliphatic rings. The quantitative estimate of drug-likeness (QED) is 0.219. The molecule has 1 aromatic rings. The van der Waals surface area contributed by atoms with Crippen molar-refractivity contribution >= 4 is 64.6 Å². The van der Waals surface area contributed by atoms with Gasteiger partial charge < -0.3 is 41.1 Å². The highest BCUT2D eigenvalue weighted by atomic mass is 35.5. The number of nitrogens with zero attached hydrogens (tertiary/aromatic N) is 3. The van der Waals surface area contributed by atoms with E-state index in [1.165, 1.54) is 34.0 Å². The van der Waals surface area contributed by atoms with Gasteiger partial charge in [-0.1, -0.05) is 37.0 Å². The molecule has 22 heteroatoms. The number of carbonyl (C=O) groups excluding carboxylic acids is 7. The van der Waals surface area contributed by atoms with Crippen LogP contribution in [0, 0.1) is 17.3 Å². The summed E-state index contributed by atoms with van der Waals surface area (Å²) in [5.41, 5.74) is -4.49. The summed E-state index contributed by atoms with van der Waals surface area (Å²) in [6, 6.07) is -2.23. The van der Waals surface area contributed by atoms with E-state index in [0.29, 0.717) is 34.7 Å². The summed E-state index contributed by atoms with van der Waals surface area (Å²) in [7, 11) is 2.69. The zero-order chi connectivity index (χ0) is 48.6. The van der Waals surface area contributed by atoms with Crippen LogP contribution in [0.25, 0.3) is 0 Å². The van der Waals surface area contributed by atoms with E-state index in [4.69, 9.17) is 23.2 Å². The van der Waals surface area contributed by atoms with Gasteiger partial charge in [-0.05, 0) is 88.0 Å². The molecule has 2 aliphatic heterocycles. The average molecular weight is 967 g/mol. The van der Waals surface area contributed by atoms with E-state index < -0.39 is 132 Å². The Kier molecular flexibility index (Phi) is 15.8. The molecule has 0 spiro atoms. The number of rotatable bonds is 10. The maximum atomic E-state index is 14.5. The Labute approximate surface area is 384 Å². The van der Waals surface area contributed by atoms with Gasteiger partial charge in [-0.2, -0.15) is 13.2 Å². The van der Waals surface area contributed by atoms with Crippen molar-refractivity contribution in [2.75, 3.05) is 27.2 Å². The summed E-state index contributed by atoms with van der Waals surface area (Å²) in [5.74, 6) is -10.7. The second kappa shape index (κ2) is 19.9. The number of hydrogen-bond acceptors (Lipinski definition) is 8. The minimum Gasteiger partial charge on any atom is -0.391 e. The topological polar surface area (TPSA) is 198 Å². The first-order chi connectivity index (χ1) is 30.1. The molecule has 4 fully saturated rings. The molecule has 2 saturated carbocycles. The minimum atomic E-state index is -5.38. The van der Waals surface area contributed by atoms with E-state index in [0.717, 1.165) is 9.80 Å². The Bertz CT molecular complexity index is 2010. The van der Waals surface area contributed by atoms with Crippen molar-refractivity contribution in [3.63, 3.8) is 0 Å². The normalized spacial score (nSPS) is 27.0. The lowest BCUT2D eigenvalue weighted by Crippen LogP contribution is -2.65. The van der Waals surface area contributed by atoms with Crippen LogP contribution in [0.1, 0.15) is 91.0 Å². The van der Waals surface area contributed by atoms with Crippen molar-refractivity contribution in [3.8, 4) is 0 Å². The number of likely N-dealkylation sites (N-methyl/N-ethyl adjacent to an activating group) is 2. The number of halogens is 7. The lowest BCUT2D eigenvalue weighted by molar-refractivity contribution is -0.299. The number of hydrogen-bond donors (Lipinski definition) is 5. The Balaban J connectivity index is 1.42. The van der Waals surface area contributed by atoms with Gasteiger partial charge in [0.25, 0.3) is 5.92 Å². The molecule has 1 aromatic carbocycles. The van der Waals surface area contributed by atoms with Crippen molar-refractivity contribution in [1.29, 1.82) is 0 Å². The first kappa shape index (κ1) is 51.7. The Morgan fingerprint density at radius 3 is 2.25 bits per heavy atom. The molecule has 5 rings (SSSR count). The monoisotopic (exact) mass is 965 g/mol. The van der Waals surface area contributed by atoms with Crippen LogP contribution >= 0.6 is 23.2 Å². The van der Waals surface area contributed by atoms with E-state index in [9.17, 15) is 60.6 Å². The van der Waals surface area contributed by atoms with Crippen LogP contribution in [0.4, 0.5) is 22.0 Å². The number of β-amino-alcohol motifs (C(OH)–C–C–N with tert-alkyl or cyclic N) is 1. The first-order valence-electron chi connectivity index (χ1n) is 21.7. The molecule has 5 N–H and O–H groups in total. The SMILES string of the molecule is CC(C)C[C@@H]1NC(=O)[C@@H](N(C)C(=O)[C@@H](NC(=O)[C@@H]2C[C@H](O)CN2C(=O)C2(C(F)(F)F)CC(F)(F)C2)C2CC2)CCCCNC(=O)C(C)(C)NC(=O)[C@H](Cc2cc(Cl)ccc2Cl)N(C)C1=O. The van der Waals surface area contributed by atoms with Crippen LogP contribution in [0.5, 0.6) is 0 Å². The molecule has 2 heterocycles. The van der Waals surface area contributed by atoms with E-state index >= 15 is 0 Å². The molecule has 15 nitrogen and oxygen atoms in total. The Hall–Kier alpha value is -4.30. The van der Waals surface area contributed by atoms with Gasteiger partial charge in [-0.3, -0.25) is 33.6 Å². The number of carbonyl (C=O) groups is 7. The molecule has 7 amide bonds. The lowest BCUT2D eigenvalue weighted by atomic mass is 9.64. The Morgan fingerprint density at radius 2 is 1.66 bits per heavy atom. The van der Waals surface area contributed by atoms with Gasteiger partial charge in [0.15, 0.2) is 5.41 Å². The highest BCUT2D eigenvalue weighted by molar-refractivity contribution is 6.33. The molecule has 362 valence electrons. The number of likely N-dealkylation sites (tertiary alicyclic amines) is 1. The number of benzene rings is 1. The lowest BCUT2D eigenvalue weighted by Gasteiger charge is -2.48. The molecule has 2 saturated heterocycles. The van der Waals surface area contributed by atoms with Crippen molar-refractivity contribution in [1.82, 2.24) is 36.0 Å². The standard InChI is InChI=1S/C43H58Cl2F5N7O8/c1-22(2)15-28-36(62)56(6)30(17-24-16-25(44)12-13-27(24)45)35(61)54-40(3,4)38(64)51-14-8-7-9-29(33(59)52-28)55(5)37(63)32(23-10-11-23)53-34(60)31-18-26(58)19-57(31)39(65)41(43(48,49)50)20-42(46,47)21-41/h12-13,16,22-23,26,28-32,58H,7-11,14-15,17-21H2,1-6H3,(H,51,64)(H,52,59)(H,53,60)(H,54,61)/t26-,28-,29-,30-,31-,32-/m0/s1. The summed E-state index contributed by atoms with van der Waals surface area (Å²) >= 11 is 12.7. The second-order valence-electron chi connectivity index (χ2n) is 18.9. The van der Waals surface area contributed by atoms with Crippen molar-refractivity contribution in [3.05, 3.63) is 33.8 Å². The minimum absolute atomic E-state index is 0.00494. The maximum absolute atomic E-state index is 14.5. The fourth-order valence-corrected chi connectivity index (χ4v) is 9.20. The maximum Gasteiger partial charge on any atom is 0.403 e. The van der Waals surface area contributed by atoms with Crippen LogP contribution in [-0.2, 0) is 40.0 Å². The predicted octanol–water partition coefficient (Wildman–Crippen LogP) is 3.75. The average Bonchev–Trinajstić information content (AvgIpc) is 3.96. The third-order valence-electron chi connectivity index (χ3n) is 12.7. The fraction of sp³-hybridized carbons (Fsp3) is 0.698. The number of aliphatic hydroxyl groups excluding tert-OH is 1. The smallest absolute Gasteiger partial charge is 0.391 e. The van der Waals surface area contributed by atoms with Gasteiger partial charge in [0, 0.05) is 62.9 Å². The van der Waals surface area contributed by atoms with Crippen LogP contribution in [0.15, 0.2) is 18.2 Å². The molecule has 0 aromatic heterocycles. The largest absolute Gasteiger partial charge is 0.403 e. The van der Waals surface area contributed by atoms with Gasteiger partial charge >= 0.3 is 6.18 Å². The molecule has 0 unspecified atom stereocenters. The molecule has 0 radical (unpaired) electrons. The molecule has 65 heavy (non-hydrogen) atoms. The summed E-state index contributed by atoms with van der Waals surface area (Å²) < 4.78 is 70.4. The zero-order valence-electron chi connectivity index (χ0n) is 37.1. The summed E-state index contributed by atoms with van der Waals surface area (Å²) in [5, 5.41) is 21.9. The van der Waals surface area contributed by atoms with Crippen LogP contribution in [0.2, 0.25) is 10.0 Å². The third-order valence-corrected chi connectivity index (χ3v) is 13.3. The molecular weight excluding hydrogens is 908 g/mol. The number of amides is 7. The first-order valence-corrected chi connectivity index (χ1v) is 22.5. The number of aliphatic hydroxyl groups is 1. The van der Waals surface area contributed by atoms with Crippen LogP contribution < -0.4 is 21.3 Å². The van der Waals surface area contributed by atoms with Gasteiger partial charge in [0.2, 0.25) is 41.4 Å². The zero-order valence-corrected chi connectivity index (χ0v) is 38.6. The third kappa shape index (κ3) is 11.8. The van der Waals surface area contributed by atoms with Gasteiger partial charge in [0.1, 0.15) is 35.7 Å². The molecule has 2 aliphatic carbocycles. The van der Waals surface area contributed by atoms with E-state index in [1.54, 1.807) is 12.1 Å². The van der Waals surface area contributed by atoms with Crippen molar-refractivity contribution in [2.45, 2.75) is 146 Å². The van der Waals surface area contributed by atoms with Gasteiger partial charge in [-0.25, -0.2) is 8.78 Å². The molecule has 0 bridgehead atoms. The number of nitrogens with one attached hydrogen (secondary N) is 4. The van der Waals surface area contributed by atoms with Crippen molar-refractivity contribution < 1.29 is 60.6 Å². The number of alkyl halides is 5. The van der Waals surface area contributed by atoms with E-state index in [-0.39, 0.29) is 43.2 Å². The summed E-state index contributed by atoms with van der Waals surface area (Å²) in [4.78, 5) is 101. The van der Waals surface area contributed by atoms with Crippen molar-refractivity contribution in [2.24, 2.45) is 17.3 Å². The summed E-state index contributed by atoms with van der Waals surface area (Å²) in [6.07, 6.45) is -9.57. The molecular formula is C43H58Cl2F5N7O8. The Morgan fingerprint density at radius 1 is 1.02 bits per heavy atom. The van der Waals surface area contributed by atoms with Gasteiger partial charge in [0.05, 0.1) is 6.10 Å². The highest BCUT2D eigenvalue weighted by Crippen LogP contribution is 2.61. The predicted molar refractivity (Wildman–Crippen MR) is 227 cm³/mol. The second-order valence-corrected chi connectivity index (χ2v) is 19.7. The van der Waals surface area contributed by atoms with E-state index in [2.05, 4.69) is 21.3 Å². The molecule has 6 atom stereocenters. The summed E-state index contributed by atoms with van der Waals surface area (Å²) in [6.45, 7) is 6.01. The fourth-order valence-electron chi connectivity index (χ4n) is 8.81.